The lowest BCUT2D eigenvalue weighted by Crippen LogP contribution is -2.01. The average Bonchev–Trinajstić information content (AvgIpc) is 2.68. The van der Waals surface area contributed by atoms with Gasteiger partial charge < -0.3 is 0 Å². The zero-order valence-electron chi connectivity index (χ0n) is 10.5. The fraction of sp³-hybridized carbons (Fsp3) is 0.333. The zero-order valence-corrected chi connectivity index (χ0v) is 12.9. The van der Waals surface area contributed by atoms with Crippen LogP contribution >= 0.6 is 27.3 Å². The van der Waals surface area contributed by atoms with Crippen LogP contribution in [-0.4, -0.2) is 0 Å². The SMILES string of the molecule is Cc1cc(C)c(C(Br)Cc2ccsc2)c(C)c1. The molecule has 0 amide bonds. The normalized spacial score (nSPS) is 12.7. The van der Waals surface area contributed by atoms with Crippen molar-refractivity contribution >= 4 is 27.3 Å². The number of hydrogen-bond donors (Lipinski definition) is 0. The van der Waals surface area contributed by atoms with Gasteiger partial charge in [0.05, 0.1) is 0 Å². The second-order valence-corrected chi connectivity index (χ2v) is 6.50. The highest BCUT2D eigenvalue weighted by atomic mass is 79.9. The van der Waals surface area contributed by atoms with Crippen molar-refractivity contribution in [1.29, 1.82) is 0 Å². The van der Waals surface area contributed by atoms with Gasteiger partial charge in [0, 0.05) is 4.83 Å². The van der Waals surface area contributed by atoms with E-state index >= 15 is 0 Å². The molecule has 0 N–H and O–H groups in total. The molecule has 2 heteroatoms. The quantitative estimate of drug-likeness (QED) is 0.670. The molecule has 17 heavy (non-hydrogen) atoms. The predicted octanol–water partition coefficient (Wildman–Crippen LogP) is 5.35. The molecule has 1 aromatic heterocycles. The summed E-state index contributed by atoms with van der Waals surface area (Å²) in [7, 11) is 0. The minimum atomic E-state index is 0.415. The van der Waals surface area contributed by atoms with E-state index in [4.69, 9.17) is 0 Å². The molecule has 0 spiro atoms. The molecule has 2 aromatic rings. The van der Waals surface area contributed by atoms with Gasteiger partial charge in [0.2, 0.25) is 0 Å². The topological polar surface area (TPSA) is 0 Å². The second-order valence-electron chi connectivity index (χ2n) is 4.62. The Labute approximate surface area is 116 Å². The Morgan fingerprint density at radius 1 is 1.18 bits per heavy atom. The molecule has 0 bridgehead atoms. The third-order valence-corrected chi connectivity index (χ3v) is 4.56. The molecule has 1 atom stereocenters. The van der Waals surface area contributed by atoms with Crippen molar-refractivity contribution in [3.05, 3.63) is 56.8 Å². The molecule has 0 aliphatic heterocycles. The minimum absolute atomic E-state index is 0.415. The van der Waals surface area contributed by atoms with E-state index in [-0.39, 0.29) is 0 Å². The van der Waals surface area contributed by atoms with Gasteiger partial charge in [-0.1, -0.05) is 33.6 Å². The van der Waals surface area contributed by atoms with E-state index in [1.165, 1.54) is 27.8 Å². The summed E-state index contributed by atoms with van der Waals surface area (Å²) in [6, 6.07) is 6.74. The molecule has 0 saturated carbocycles. The largest absolute Gasteiger partial charge is 0.152 e. The number of thiophene rings is 1. The van der Waals surface area contributed by atoms with Crippen LogP contribution in [0.5, 0.6) is 0 Å². The van der Waals surface area contributed by atoms with Crippen LogP contribution in [0.25, 0.3) is 0 Å². The molecular formula is C15H17BrS. The van der Waals surface area contributed by atoms with Crippen LogP contribution in [0.3, 0.4) is 0 Å². The average molecular weight is 309 g/mol. The Morgan fingerprint density at radius 3 is 2.35 bits per heavy atom. The number of hydrogen-bond acceptors (Lipinski definition) is 1. The first-order valence-electron chi connectivity index (χ1n) is 5.81. The van der Waals surface area contributed by atoms with Gasteiger partial charge in [-0.05, 0) is 66.3 Å². The monoisotopic (exact) mass is 308 g/mol. The summed E-state index contributed by atoms with van der Waals surface area (Å²) in [5, 5.41) is 4.37. The Balaban J connectivity index is 2.27. The lowest BCUT2D eigenvalue weighted by molar-refractivity contribution is 0.929. The van der Waals surface area contributed by atoms with Gasteiger partial charge >= 0.3 is 0 Å². The van der Waals surface area contributed by atoms with Gasteiger partial charge in [0.1, 0.15) is 0 Å². The highest BCUT2D eigenvalue weighted by Gasteiger charge is 2.14. The molecule has 0 fully saturated rings. The summed E-state index contributed by atoms with van der Waals surface area (Å²) in [5.41, 5.74) is 6.98. The summed E-state index contributed by atoms with van der Waals surface area (Å²) in [6.07, 6.45) is 1.06. The van der Waals surface area contributed by atoms with Crippen LogP contribution in [-0.2, 0) is 6.42 Å². The van der Waals surface area contributed by atoms with E-state index in [0.717, 1.165) is 6.42 Å². The molecule has 90 valence electrons. The summed E-state index contributed by atoms with van der Waals surface area (Å²) < 4.78 is 0. The van der Waals surface area contributed by atoms with Gasteiger partial charge in [0.25, 0.3) is 0 Å². The number of halogens is 1. The summed E-state index contributed by atoms with van der Waals surface area (Å²) in [4.78, 5) is 0.415. The van der Waals surface area contributed by atoms with Crippen LogP contribution in [0.2, 0.25) is 0 Å². The van der Waals surface area contributed by atoms with Crippen LogP contribution in [0, 0.1) is 20.8 Å². The first kappa shape index (κ1) is 12.8. The summed E-state index contributed by atoms with van der Waals surface area (Å²) >= 11 is 5.61. The maximum absolute atomic E-state index is 3.84. The number of rotatable bonds is 3. The van der Waals surface area contributed by atoms with Gasteiger partial charge in [-0.2, -0.15) is 11.3 Å². The van der Waals surface area contributed by atoms with Crippen LogP contribution < -0.4 is 0 Å². The second kappa shape index (κ2) is 5.36. The fourth-order valence-corrected chi connectivity index (χ4v) is 4.18. The van der Waals surface area contributed by atoms with Crippen LogP contribution in [0.4, 0.5) is 0 Å². The maximum atomic E-state index is 3.84. The van der Waals surface area contributed by atoms with Crippen LogP contribution in [0.15, 0.2) is 29.0 Å². The lowest BCUT2D eigenvalue weighted by Gasteiger charge is -2.16. The number of alkyl halides is 1. The fourth-order valence-electron chi connectivity index (χ4n) is 2.40. The first-order valence-corrected chi connectivity index (χ1v) is 7.66. The smallest absolute Gasteiger partial charge is 0.0441 e. The van der Waals surface area contributed by atoms with Crippen molar-refractivity contribution in [2.24, 2.45) is 0 Å². The van der Waals surface area contributed by atoms with E-state index in [1.807, 2.05) is 0 Å². The third-order valence-electron chi connectivity index (χ3n) is 3.05. The van der Waals surface area contributed by atoms with Crippen molar-refractivity contribution in [3.63, 3.8) is 0 Å². The molecule has 2 rings (SSSR count). The predicted molar refractivity (Wildman–Crippen MR) is 80.3 cm³/mol. The standard InChI is InChI=1S/C15H17BrS/c1-10-6-11(2)15(12(3)7-10)14(16)8-13-4-5-17-9-13/h4-7,9,14H,8H2,1-3H3. The zero-order chi connectivity index (χ0) is 12.4. The first-order chi connectivity index (χ1) is 8.08. The molecule has 0 aliphatic rings. The highest BCUT2D eigenvalue weighted by Crippen LogP contribution is 2.33. The molecule has 0 radical (unpaired) electrons. The van der Waals surface area contributed by atoms with Gasteiger partial charge in [-0.25, -0.2) is 0 Å². The third kappa shape index (κ3) is 2.99. The van der Waals surface area contributed by atoms with Crippen molar-refractivity contribution in [3.8, 4) is 0 Å². The maximum Gasteiger partial charge on any atom is 0.0441 e. The Hall–Kier alpha value is -0.600. The van der Waals surface area contributed by atoms with Crippen molar-refractivity contribution in [1.82, 2.24) is 0 Å². The molecule has 1 heterocycles. The number of aryl methyl sites for hydroxylation is 3. The van der Waals surface area contributed by atoms with Gasteiger partial charge in [-0.3, -0.25) is 0 Å². The Morgan fingerprint density at radius 2 is 1.82 bits per heavy atom. The van der Waals surface area contributed by atoms with E-state index in [0.29, 0.717) is 4.83 Å². The Bertz CT molecular complexity index is 477. The van der Waals surface area contributed by atoms with E-state index in [9.17, 15) is 0 Å². The molecule has 1 unspecified atom stereocenters. The van der Waals surface area contributed by atoms with E-state index in [2.05, 4.69) is 65.7 Å². The van der Waals surface area contributed by atoms with Crippen LogP contribution in [0.1, 0.15) is 32.6 Å². The van der Waals surface area contributed by atoms with E-state index in [1.54, 1.807) is 11.3 Å². The summed E-state index contributed by atoms with van der Waals surface area (Å²) in [6.45, 7) is 6.57. The van der Waals surface area contributed by atoms with Crippen molar-refractivity contribution < 1.29 is 0 Å². The van der Waals surface area contributed by atoms with Gasteiger partial charge in [0.15, 0.2) is 0 Å². The molecule has 0 aliphatic carbocycles. The Kier molecular flexibility index (Phi) is 4.05. The molecule has 0 nitrogen and oxygen atoms in total. The molecule has 0 saturated heterocycles. The van der Waals surface area contributed by atoms with E-state index < -0.39 is 0 Å². The molecule has 1 aromatic carbocycles. The van der Waals surface area contributed by atoms with Crippen molar-refractivity contribution in [2.45, 2.75) is 32.0 Å². The molecular weight excluding hydrogens is 292 g/mol. The van der Waals surface area contributed by atoms with Crippen molar-refractivity contribution in [2.75, 3.05) is 0 Å². The minimum Gasteiger partial charge on any atom is -0.152 e. The highest BCUT2D eigenvalue weighted by molar-refractivity contribution is 9.09. The number of benzene rings is 1. The summed E-state index contributed by atoms with van der Waals surface area (Å²) in [5.74, 6) is 0. The van der Waals surface area contributed by atoms with Gasteiger partial charge in [-0.15, -0.1) is 0 Å². The lowest BCUT2D eigenvalue weighted by atomic mass is 9.95.